The van der Waals surface area contributed by atoms with Gasteiger partial charge in [0.1, 0.15) is 23.6 Å². The highest BCUT2D eigenvalue weighted by molar-refractivity contribution is 5.92. The van der Waals surface area contributed by atoms with Crippen molar-refractivity contribution < 1.29 is 24.6 Å². The number of phenolic OH excluding ortho intramolecular Hbond substituents is 2. The smallest absolute Gasteiger partial charge is 0.243 e. The second kappa shape index (κ2) is 16.4. The highest BCUT2D eigenvalue weighted by Crippen LogP contribution is 2.16. The van der Waals surface area contributed by atoms with Crippen LogP contribution in [0.1, 0.15) is 29.5 Å². The van der Waals surface area contributed by atoms with Crippen LogP contribution >= 0.6 is 0 Å². The summed E-state index contributed by atoms with van der Waals surface area (Å²) < 4.78 is 0. The second-order valence-electron chi connectivity index (χ2n) is 10.2. The van der Waals surface area contributed by atoms with E-state index in [0.717, 1.165) is 16.7 Å². The molecule has 0 aromatic heterocycles. The zero-order valence-corrected chi connectivity index (χ0v) is 23.9. The highest BCUT2D eigenvalue weighted by Gasteiger charge is 2.26. The molecular weight excluding hydrogens is 550 g/mol. The molecule has 0 heterocycles. The first-order valence-electron chi connectivity index (χ1n) is 13.9. The van der Waals surface area contributed by atoms with Crippen LogP contribution in [0.3, 0.4) is 0 Å². The Bertz CT molecular complexity index is 1310. The van der Waals surface area contributed by atoms with E-state index in [4.69, 9.17) is 17.2 Å². The molecule has 3 aromatic rings. The summed E-state index contributed by atoms with van der Waals surface area (Å²) in [6.45, 7) is 0.926. The van der Waals surface area contributed by atoms with Crippen LogP contribution in [0.4, 0.5) is 0 Å². The van der Waals surface area contributed by atoms with Crippen molar-refractivity contribution in [1.82, 2.24) is 15.5 Å². The maximum atomic E-state index is 13.4. The summed E-state index contributed by atoms with van der Waals surface area (Å²) in [5.41, 5.74) is 19.0. The van der Waals surface area contributed by atoms with Gasteiger partial charge in [-0.2, -0.15) is 0 Å². The molecule has 0 unspecified atom stereocenters. The molecule has 0 aliphatic rings. The first-order valence-corrected chi connectivity index (χ1v) is 13.9. The van der Waals surface area contributed by atoms with Crippen LogP contribution in [0, 0.1) is 0 Å². The first-order chi connectivity index (χ1) is 20.6. The standard InChI is InChI=1S/C31H39N7O5/c32-29(42)27(17-21-5-2-1-3-6-21)37-30(43)26(7-4-16-35-31(33)34)36-28(41)20-38(18-22-8-12-24(39)13-9-22)19-23-10-14-25(40)15-11-23/h1-3,5-6,8-15,26-27,39-40H,4,7,16-20H2,(H2,32,42)(H,36,41)(H,37,43)(H4,33,34,35)/t26-,27+/m1/s1. The van der Waals surface area contributed by atoms with E-state index in [0.29, 0.717) is 19.5 Å². The number of guanidine groups is 1. The maximum absolute atomic E-state index is 13.4. The zero-order valence-electron chi connectivity index (χ0n) is 23.9. The SMILES string of the molecule is NC(=O)[C@H](Cc1ccccc1)NC(=O)[C@@H](CCCN=C(N)N)NC(=O)CN(Cc1ccc(O)cc1)Cc1ccc(O)cc1. The number of primary amides is 1. The van der Waals surface area contributed by atoms with E-state index in [1.807, 2.05) is 35.2 Å². The molecule has 43 heavy (non-hydrogen) atoms. The summed E-state index contributed by atoms with van der Waals surface area (Å²) in [6.07, 6.45) is 0.797. The van der Waals surface area contributed by atoms with Gasteiger partial charge in [0.15, 0.2) is 5.96 Å². The van der Waals surface area contributed by atoms with Crippen molar-refractivity contribution in [2.75, 3.05) is 13.1 Å². The number of phenols is 2. The minimum Gasteiger partial charge on any atom is -0.508 e. The zero-order chi connectivity index (χ0) is 31.2. The van der Waals surface area contributed by atoms with Gasteiger partial charge >= 0.3 is 0 Å². The topological polar surface area (TPSA) is 209 Å². The van der Waals surface area contributed by atoms with E-state index in [9.17, 15) is 24.6 Å². The lowest BCUT2D eigenvalue weighted by atomic mass is 10.0. The van der Waals surface area contributed by atoms with E-state index < -0.39 is 29.8 Å². The number of hydrogen-bond acceptors (Lipinski definition) is 7. The number of nitrogens with one attached hydrogen (secondary N) is 2. The van der Waals surface area contributed by atoms with Gasteiger partial charge in [-0.05, 0) is 53.8 Å². The molecule has 0 bridgehead atoms. The number of amides is 3. The van der Waals surface area contributed by atoms with Crippen molar-refractivity contribution >= 4 is 23.7 Å². The van der Waals surface area contributed by atoms with Crippen molar-refractivity contribution in [3.05, 3.63) is 95.6 Å². The number of aliphatic imine (C=N–C) groups is 1. The van der Waals surface area contributed by atoms with Crippen LogP contribution in [-0.2, 0) is 33.9 Å². The number of benzene rings is 3. The van der Waals surface area contributed by atoms with Gasteiger partial charge < -0.3 is 38.0 Å². The summed E-state index contributed by atoms with van der Waals surface area (Å²) >= 11 is 0. The Kier molecular flexibility index (Phi) is 12.3. The van der Waals surface area contributed by atoms with Gasteiger partial charge in [-0.15, -0.1) is 0 Å². The molecule has 3 aromatic carbocycles. The largest absolute Gasteiger partial charge is 0.508 e. The predicted octanol–water partition coefficient (Wildman–Crippen LogP) is 0.851. The molecule has 0 fully saturated rings. The molecule has 12 heteroatoms. The van der Waals surface area contributed by atoms with Crippen molar-refractivity contribution in [3.8, 4) is 11.5 Å². The van der Waals surface area contributed by atoms with E-state index >= 15 is 0 Å². The summed E-state index contributed by atoms with van der Waals surface area (Å²) in [4.78, 5) is 44.7. The van der Waals surface area contributed by atoms with Crippen molar-refractivity contribution in [1.29, 1.82) is 0 Å². The summed E-state index contributed by atoms with van der Waals surface area (Å²) in [5.74, 6) is -1.50. The number of nitrogens with zero attached hydrogens (tertiary/aromatic N) is 2. The van der Waals surface area contributed by atoms with Crippen LogP contribution in [0.2, 0.25) is 0 Å². The minimum absolute atomic E-state index is 0.0668. The Balaban J connectivity index is 1.74. The van der Waals surface area contributed by atoms with Crippen LogP contribution in [0.5, 0.6) is 11.5 Å². The Morgan fingerprint density at radius 3 is 1.81 bits per heavy atom. The maximum Gasteiger partial charge on any atom is 0.243 e. The molecule has 0 saturated carbocycles. The van der Waals surface area contributed by atoms with E-state index in [2.05, 4.69) is 15.6 Å². The normalized spacial score (nSPS) is 12.2. The Hall–Kier alpha value is -5.10. The number of rotatable bonds is 16. The molecule has 0 aliphatic heterocycles. The molecule has 3 amide bonds. The van der Waals surface area contributed by atoms with Crippen LogP contribution in [-0.4, -0.2) is 64.0 Å². The van der Waals surface area contributed by atoms with Gasteiger partial charge in [-0.25, -0.2) is 0 Å². The van der Waals surface area contributed by atoms with Crippen LogP contribution < -0.4 is 27.8 Å². The summed E-state index contributed by atoms with van der Waals surface area (Å²) in [6, 6.07) is 20.5. The Labute approximate surface area is 250 Å². The van der Waals surface area contributed by atoms with Gasteiger partial charge in [0.05, 0.1) is 6.54 Å². The van der Waals surface area contributed by atoms with Crippen LogP contribution in [0.25, 0.3) is 0 Å². The first kappa shape index (κ1) is 32.4. The average Bonchev–Trinajstić information content (AvgIpc) is 2.97. The molecule has 3 rings (SSSR count). The summed E-state index contributed by atoms with van der Waals surface area (Å²) in [5, 5.41) is 24.8. The highest BCUT2D eigenvalue weighted by atomic mass is 16.3. The predicted molar refractivity (Wildman–Crippen MR) is 163 cm³/mol. The number of carbonyl (C=O) groups excluding carboxylic acids is 3. The third-order valence-electron chi connectivity index (χ3n) is 6.59. The third-order valence-corrected chi connectivity index (χ3v) is 6.59. The fraction of sp³-hybridized carbons (Fsp3) is 0.290. The molecular formula is C31H39N7O5. The Morgan fingerprint density at radius 2 is 1.30 bits per heavy atom. The molecule has 12 nitrogen and oxygen atoms in total. The third kappa shape index (κ3) is 11.7. The van der Waals surface area contributed by atoms with E-state index in [1.165, 1.54) is 0 Å². The molecule has 0 spiro atoms. The molecule has 0 saturated heterocycles. The van der Waals surface area contributed by atoms with Gasteiger partial charge in [-0.1, -0.05) is 54.6 Å². The lowest BCUT2D eigenvalue weighted by Crippen LogP contribution is -2.54. The van der Waals surface area contributed by atoms with Crippen LogP contribution in [0.15, 0.2) is 83.9 Å². The van der Waals surface area contributed by atoms with Crippen molar-refractivity contribution in [2.45, 2.75) is 44.4 Å². The fourth-order valence-electron chi connectivity index (χ4n) is 4.45. The Morgan fingerprint density at radius 1 is 0.744 bits per heavy atom. The van der Waals surface area contributed by atoms with Gasteiger partial charge in [0, 0.05) is 26.1 Å². The number of carbonyl (C=O) groups is 3. The van der Waals surface area contributed by atoms with E-state index in [1.54, 1.807) is 48.5 Å². The number of aromatic hydroxyl groups is 2. The second-order valence-corrected chi connectivity index (χ2v) is 10.2. The number of hydrogen-bond donors (Lipinski definition) is 7. The van der Waals surface area contributed by atoms with E-state index in [-0.39, 0.29) is 43.4 Å². The lowest BCUT2D eigenvalue weighted by molar-refractivity contribution is -0.132. The van der Waals surface area contributed by atoms with Gasteiger partial charge in [0.25, 0.3) is 0 Å². The molecule has 0 aliphatic carbocycles. The molecule has 10 N–H and O–H groups in total. The van der Waals surface area contributed by atoms with Crippen molar-refractivity contribution in [3.63, 3.8) is 0 Å². The fourth-order valence-corrected chi connectivity index (χ4v) is 4.45. The average molecular weight is 590 g/mol. The molecule has 228 valence electrons. The molecule has 2 atom stereocenters. The quantitative estimate of drug-likeness (QED) is 0.0722. The van der Waals surface area contributed by atoms with Crippen molar-refractivity contribution in [2.24, 2.45) is 22.2 Å². The number of nitrogens with two attached hydrogens (primary N) is 3. The van der Waals surface area contributed by atoms with Gasteiger partial charge in [0.2, 0.25) is 17.7 Å². The monoisotopic (exact) mass is 589 g/mol. The minimum atomic E-state index is -0.983. The summed E-state index contributed by atoms with van der Waals surface area (Å²) in [7, 11) is 0. The molecule has 0 radical (unpaired) electrons. The van der Waals surface area contributed by atoms with Gasteiger partial charge in [-0.3, -0.25) is 24.3 Å². The lowest BCUT2D eigenvalue weighted by Gasteiger charge is -2.25.